The maximum Gasteiger partial charge on any atom is 0.262 e. The van der Waals surface area contributed by atoms with Gasteiger partial charge in [0.15, 0.2) is 18.1 Å². The molecular formula is C23H22N2O6S. The van der Waals surface area contributed by atoms with Crippen molar-refractivity contribution < 1.29 is 27.4 Å². The minimum Gasteiger partial charge on any atom is -0.484 e. The van der Waals surface area contributed by atoms with Gasteiger partial charge in [-0.15, -0.1) is 0 Å². The molecule has 1 aliphatic heterocycles. The summed E-state index contributed by atoms with van der Waals surface area (Å²) in [5.74, 6) is 1.32. The molecule has 3 aromatic carbocycles. The molecule has 0 fully saturated rings. The Kier molecular flexibility index (Phi) is 6.18. The minimum absolute atomic E-state index is 0.161. The zero-order valence-corrected chi connectivity index (χ0v) is 18.2. The van der Waals surface area contributed by atoms with Crippen LogP contribution in [0.5, 0.6) is 17.2 Å². The van der Waals surface area contributed by atoms with Crippen LogP contribution in [0.3, 0.4) is 0 Å². The van der Waals surface area contributed by atoms with Crippen LogP contribution in [-0.2, 0) is 21.4 Å². The highest BCUT2D eigenvalue weighted by Crippen LogP contribution is 2.34. The first-order valence-electron chi connectivity index (χ1n) is 9.82. The zero-order chi connectivity index (χ0) is 22.6. The number of carbonyl (C=O) groups excluding carboxylic acids is 1. The molecule has 0 radical (unpaired) electrons. The molecule has 9 heteroatoms. The van der Waals surface area contributed by atoms with Gasteiger partial charge in [-0.25, -0.2) is 8.42 Å². The summed E-state index contributed by atoms with van der Waals surface area (Å²) in [7, 11) is -3.48. The van der Waals surface area contributed by atoms with E-state index in [2.05, 4.69) is 5.32 Å². The Morgan fingerprint density at radius 2 is 1.72 bits per heavy atom. The third-order valence-electron chi connectivity index (χ3n) is 4.72. The molecule has 1 heterocycles. The first kappa shape index (κ1) is 21.5. The second-order valence-corrected chi connectivity index (χ2v) is 9.06. The normalized spacial score (nSPS) is 12.3. The van der Waals surface area contributed by atoms with E-state index >= 15 is 0 Å². The number of ether oxygens (including phenoxy) is 3. The number of hydrogen-bond donors (Lipinski definition) is 1. The van der Waals surface area contributed by atoms with Crippen molar-refractivity contribution in [2.24, 2.45) is 0 Å². The van der Waals surface area contributed by atoms with Gasteiger partial charge in [-0.1, -0.05) is 30.3 Å². The first-order chi connectivity index (χ1) is 15.4. The third kappa shape index (κ3) is 5.30. The van der Waals surface area contributed by atoms with Crippen molar-refractivity contribution in [2.75, 3.05) is 29.3 Å². The lowest BCUT2D eigenvalue weighted by molar-refractivity contribution is -0.118. The number of anilines is 2. The highest BCUT2D eigenvalue weighted by atomic mass is 32.2. The van der Waals surface area contributed by atoms with Crippen molar-refractivity contribution in [3.05, 3.63) is 78.4 Å². The number of carbonyl (C=O) groups is 1. The number of hydrogen-bond acceptors (Lipinski definition) is 6. The molecule has 166 valence electrons. The molecule has 1 amide bonds. The van der Waals surface area contributed by atoms with Crippen LogP contribution in [0.2, 0.25) is 0 Å². The van der Waals surface area contributed by atoms with Crippen LogP contribution in [0, 0.1) is 0 Å². The summed E-state index contributed by atoms with van der Waals surface area (Å²) in [6, 6.07) is 21.0. The average molecular weight is 455 g/mol. The SMILES string of the molecule is CS(=O)(=O)N(Cc1ccccc1)c1ccc(OCC(=O)Nc2ccc3c(c2)OCO3)cc1. The van der Waals surface area contributed by atoms with Gasteiger partial charge in [0, 0.05) is 11.8 Å². The smallest absolute Gasteiger partial charge is 0.262 e. The summed E-state index contributed by atoms with van der Waals surface area (Å²) in [5, 5.41) is 2.73. The van der Waals surface area contributed by atoms with Crippen LogP contribution in [0.15, 0.2) is 72.8 Å². The van der Waals surface area contributed by atoms with Crippen LogP contribution in [0.4, 0.5) is 11.4 Å². The van der Waals surface area contributed by atoms with E-state index < -0.39 is 10.0 Å². The van der Waals surface area contributed by atoms with Crippen molar-refractivity contribution in [1.82, 2.24) is 0 Å². The van der Waals surface area contributed by atoms with E-state index in [-0.39, 0.29) is 25.9 Å². The Morgan fingerprint density at radius 1 is 1.00 bits per heavy atom. The van der Waals surface area contributed by atoms with Crippen molar-refractivity contribution in [3.8, 4) is 17.2 Å². The summed E-state index contributed by atoms with van der Waals surface area (Å²) in [6.45, 7) is 0.180. The molecule has 8 nitrogen and oxygen atoms in total. The molecule has 32 heavy (non-hydrogen) atoms. The number of amides is 1. The van der Waals surface area contributed by atoms with Crippen molar-refractivity contribution in [3.63, 3.8) is 0 Å². The number of benzene rings is 3. The summed E-state index contributed by atoms with van der Waals surface area (Å²) >= 11 is 0. The van der Waals surface area contributed by atoms with Gasteiger partial charge in [0.2, 0.25) is 16.8 Å². The van der Waals surface area contributed by atoms with E-state index in [1.807, 2.05) is 30.3 Å². The van der Waals surface area contributed by atoms with Gasteiger partial charge in [0.25, 0.3) is 5.91 Å². The molecular weight excluding hydrogens is 432 g/mol. The lowest BCUT2D eigenvalue weighted by atomic mass is 10.2. The Labute approximate surface area is 186 Å². The number of nitrogens with zero attached hydrogens (tertiary/aromatic N) is 1. The van der Waals surface area contributed by atoms with Crippen LogP contribution < -0.4 is 23.8 Å². The fourth-order valence-electron chi connectivity index (χ4n) is 3.18. The minimum atomic E-state index is -3.48. The van der Waals surface area contributed by atoms with Gasteiger partial charge < -0.3 is 19.5 Å². The molecule has 0 spiro atoms. The van der Waals surface area contributed by atoms with E-state index in [9.17, 15) is 13.2 Å². The Morgan fingerprint density at radius 3 is 2.44 bits per heavy atom. The van der Waals surface area contributed by atoms with Gasteiger partial charge in [0.1, 0.15) is 5.75 Å². The van der Waals surface area contributed by atoms with Crippen LogP contribution in [-0.4, -0.2) is 34.0 Å². The second kappa shape index (κ2) is 9.19. The van der Waals surface area contributed by atoms with E-state index in [0.29, 0.717) is 28.6 Å². The Hall–Kier alpha value is -3.72. The second-order valence-electron chi connectivity index (χ2n) is 7.15. The average Bonchev–Trinajstić information content (AvgIpc) is 3.24. The molecule has 0 saturated carbocycles. The monoisotopic (exact) mass is 454 g/mol. The molecule has 0 saturated heterocycles. The van der Waals surface area contributed by atoms with Gasteiger partial charge in [-0.05, 0) is 42.0 Å². The standard InChI is InChI=1S/C23H22N2O6S/c1-32(27,28)25(14-17-5-3-2-4-6-17)19-8-10-20(11-9-19)29-15-23(26)24-18-7-12-21-22(13-18)31-16-30-21/h2-13H,14-16H2,1H3,(H,24,26). The van der Waals surface area contributed by atoms with Gasteiger partial charge in [0.05, 0.1) is 18.5 Å². The van der Waals surface area contributed by atoms with Crippen LogP contribution >= 0.6 is 0 Å². The quantitative estimate of drug-likeness (QED) is 0.561. The predicted molar refractivity (Wildman–Crippen MR) is 121 cm³/mol. The number of sulfonamides is 1. The molecule has 0 aromatic heterocycles. The fraction of sp³-hybridized carbons (Fsp3) is 0.174. The van der Waals surface area contributed by atoms with E-state index in [1.54, 1.807) is 42.5 Å². The van der Waals surface area contributed by atoms with Gasteiger partial charge in [-0.2, -0.15) is 0 Å². The predicted octanol–water partition coefficient (Wildman–Crippen LogP) is 3.40. The van der Waals surface area contributed by atoms with Crippen LogP contribution in [0.25, 0.3) is 0 Å². The fourth-order valence-corrected chi connectivity index (χ4v) is 4.07. The van der Waals surface area contributed by atoms with Crippen molar-refractivity contribution in [2.45, 2.75) is 6.54 Å². The number of rotatable bonds is 8. The molecule has 4 rings (SSSR count). The Balaban J connectivity index is 1.36. The molecule has 0 atom stereocenters. The summed E-state index contributed by atoms with van der Waals surface area (Å²) in [5.41, 5.74) is 1.95. The lowest BCUT2D eigenvalue weighted by Gasteiger charge is -2.22. The summed E-state index contributed by atoms with van der Waals surface area (Å²) in [4.78, 5) is 12.2. The first-order valence-corrected chi connectivity index (χ1v) is 11.7. The molecule has 0 unspecified atom stereocenters. The number of fused-ring (bicyclic) bond motifs is 1. The van der Waals surface area contributed by atoms with Gasteiger partial charge >= 0.3 is 0 Å². The lowest BCUT2D eigenvalue weighted by Crippen LogP contribution is -2.29. The van der Waals surface area contributed by atoms with Gasteiger partial charge in [-0.3, -0.25) is 9.10 Å². The molecule has 0 aliphatic carbocycles. The van der Waals surface area contributed by atoms with E-state index in [1.165, 1.54) is 10.6 Å². The maximum absolute atomic E-state index is 12.3. The highest BCUT2D eigenvalue weighted by molar-refractivity contribution is 7.92. The maximum atomic E-state index is 12.3. The highest BCUT2D eigenvalue weighted by Gasteiger charge is 2.18. The van der Waals surface area contributed by atoms with Crippen molar-refractivity contribution >= 4 is 27.3 Å². The largest absolute Gasteiger partial charge is 0.484 e. The van der Waals surface area contributed by atoms with E-state index in [0.717, 1.165) is 5.56 Å². The Bertz CT molecular complexity index is 1200. The summed E-state index contributed by atoms with van der Waals surface area (Å²) in [6.07, 6.45) is 1.17. The third-order valence-corrected chi connectivity index (χ3v) is 5.86. The molecule has 1 aliphatic rings. The topological polar surface area (TPSA) is 94.2 Å². The summed E-state index contributed by atoms with van der Waals surface area (Å²) < 4.78 is 42.0. The molecule has 0 bridgehead atoms. The molecule has 1 N–H and O–H groups in total. The zero-order valence-electron chi connectivity index (χ0n) is 17.4. The van der Waals surface area contributed by atoms with Crippen molar-refractivity contribution in [1.29, 1.82) is 0 Å². The van der Waals surface area contributed by atoms with E-state index in [4.69, 9.17) is 14.2 Å². The molecule has 3 aromatic rings. The number of nitrogens with one attached hydrogen (secondary N) is 1. The van der Waals surface area contributed by atoms with Crippen LogP contribution in [0.1, 0.15) is 5.56 Å².